The lowest BCUT2D eigenvalue weighted by Crippen LogP contribution is -2.53. The van der Waals surface area contributed by atoms with Gasteiger partial charge in [-0.25, -0.2) is 0 Å². The highest BCUT2D eigenvalue weighted by atomic mass is 32.2. The van der Waals surface area contributed by atoms with E-state index in [0.717, 1.165) is 16.4 Å². The van der Waals surface area contributed by atoms with Crippen molar-refractivity contribution in [3.05, 3.63) is 29.8 Å². The Balaban J connectivity index is 3.21. The van der Waals surface area contributed by atoms with Crippen LogP contribution in [0.4, 0.5) is 32.0 Å². The number of hydrogen-bond donors (Lipinski definition) is 2. The molecule has 0 aromatic heterocycles. The Labute approximate surface area is 165 Å². The van der Waals surface area contributed by atoms with E-state index in [0.29, 0.717) is 12.1 Å². The summed E-state index contributed by atoms with van der Waals surface area (Å²) < 4.78 is 106. The second-order valence-corrected chi connectivity index (χ2v) is 9.17. The van der Waals surface area contributed by atoms with Crippen molar-refractivity contribution >= 4 is 15.9 Å². The van der Waals surface area contributed by atoms with Gasteiger partial charge in [0, 0.05) is 24.3 Å². The summed E-state index contributed by atoms with van der Waals surface area (Å²) in [6.07, 6.45) is -12.0. The van der Waals surface area contributed by atoms with Crippen molar-refractivity contribution < 1.29 is 39.9 Å². The standard InChI is InChI=1S/C17H24F6N2O3S/c1-11(2)9-25(10-12(3)4)29(27,28)24-14-7-5-13(6-8-14)15(26,16(18,19)20)17(21,22)23/h5-8,11-12,24,26H,9-10H2,1-4H3. The van der Waals surface area contributed by atoms with Gasteiger partial charge in [-0.05, 0) is 24.0 Å². The van der Waals surface area contributed by atoms with Gasteiger partial charge >= 0.3 is 22.6 Å². The smallest absolute Gasteiger partial charge is 0.369 e. The van der Waals surface area contributed by atoms with E-state index in [9.17, 15) is 39.9 Å². The zero-order valence-electron chi connectivity index (χ0n) is 16.3. The van der Waals surface area contributed by atoms with E-state index < -0.39 is 33.7 Å². The van der Waals surface area contributed by atoms with Crippen LogP contribution in [-0.2, 0) is 15.8 Å². The third-order valence-corrected chi connectivity index (χ3v) is 5.32. The molecule has 0 fully saturated rings. The minimum atomic E-state index is -6.02. The number of nitrogens with one attached hydrogen (secondary N) is 1. The van der Waals surface area contributed by atoms with Crippen molar-refractivity contribution in [3.8, 4) is 0 Å². The van der Waals surface area contributed by atoms with Crippen molar-refractivity contribution in [1.82, 2.24) is 4.31 Å². The summed E-state index contributed by atoms with van der Waals surface area (Å²) in [5.74, 6) is -0.0254. The number of rotatable bonds is 8. The van der Waals surface area contributed by atoms with Crippen LogP contribution in [0.1, 0.15) is 33.3 Å². The van der Waals surface area contributed by atoms with E-state index in [1.807, 2.05) is 0 Å². The lowest BCUT2D eigenvalue weighted by atomic mass is 9.92. The molecule has 0 aliphatic rings. The summed E-state index contributed by atoms with van der Waals surface area (Å²) in [5, 5.41) is 9.37. The monoisotopic (exact) mass is 450 g/mol. The highest BCUT2D eigenvalue weighted by molar-refractivity contribution is 7.90. The van der Waals surface area contributed by atoms with Crippen LogP contribution in [0, 0.1) is 11.8 Å². The first-order valence-corrected chi connectivity index (χ1v) is 10.1. The molecule has 0 saturated carbocycles. The first-order chi connectivity index (χ1) is 12.9. The average molecular weight is 450 g/mol. The van der Waals surface area contributed by atoms with Gasteiger partial charge < -0.3 is 5.11 Å². The summed E-state index contributed by atoms with van der Waals surface area (Å²) in [5.41, 5.74) is -6.78. The highest BCUT2D eigenvalue weighted by Crippen LogP contribution is 2.50. The highest BCUT2D eigenvalue weighted by Gasteiger charge is 2.71. The van der Waals surface area contributed by atoms with Gasteiger partial charge in [-0.3, -0.25) is 4.72 Å². The van der Waals surface area contributed by atoms with E-state index >= 15 is 0 Å². The lowest BCUT2D eigenvalue weighted by molar-refractivity contribution is -0.376. The molecule has 0 heterocycles. The molecule has 1 rings (SSSR count). The van der Waals surface area contributed by atoms with E-state index in [1.54, 1.807) is 27.7 Å². The van der Waals surface area contributed by atoms with Gasteiger partial charge in [0.2, 0.25) is 0 Å². The fourth-order valence-electron chi connectivity index (χ4n) is 2.57. The molecule has 0 unspecified atom stereocenters. The molecular weight excluding hydrogens is 426 g/mol. The molecule has 5 nitrogen and oxygen atoms in total. The predicted octanol–water partition coefficient (Wildman–Crippen LogP) is 4.27. The van der Waals surface area contributed by atoms with E-state index in [1.165, 1.54) is 0 Å². The first kappa shape index (κ1) is 25.5. The molecular formula is C17H24F6N2O3S. The largest absolute Gasteiger partial charge is 0.430 e. The molecule has 2 N–H and O–H groups in total. The van der Waals surface area contributed by atoms with Gasteiger partial charge in [0.25, 0.3) is 5.60 Å². The molecule has 12 heteroatoms. The van der Waals surface area contributed by atoms with E-state index in [-0.39, 0.29) is 30.6 Å². The molecule has 0 atom stereocenters. The Morgan fingerprint density at radius 2 is 1.28 bits per heavy atom. The SMILES string of the molecule is CC(C)CN(CC(C)C)S(=O)(=O)Nc1ccc(C(O)(C(F)(F)F)C(F)(F)F)cc1. The molecule has 29 heavy (non-hydrogen) atoms. The Morgan fingerprint density at radius 3 is 1.59 bits per heavy atom. The molecule has 0 amide bonds. The summed E-state index contributed by atoms with van der Waals surface area (Å²) in [6.45, 7) is 7.54. The van der Waals surface area contributed by atoms with Gasteiger partial charge in [0.1, 0.15) is 0 Å². The molecule has 1 aromatic rings. The topological polar surface area (TPSA) is 69.6 Å². The van der Waals surface area contributed by atoms with Crippen molar-refractivity contribution in [2.24, 2.45) is 11.8 Å². The molecule has 0 radical (unpaired) electrons. The lowest BCUT2D eigenvalue weighted by Gasteiger charge is -2.32. The number of halogens is 6. The van der Waals surface area contributed by atoms with Crippen molar-refractivity contribution in [2.45, 2.75) is 45.6 Å². The molecule has 0 saturated heterocycles. The maximum absolute atomic E-state index is 12.9. The fraction of sp³-hybridized carbons (Fsp3) is 0.647. The molecule has 0 bridgehead atoms. The Morgan fingerprint density at radius 1 is 0.897 bits per heavy atom. The predicted molar refractivity (Wildman–Crippen MR) is 96.2 cm³/mol. The van der Waals surface area contributed by atoms with Crippen LogP contribution in [0.15, 0.2) is 24.3 Å². The van der Waals surface area contributed by atoms with Gasteiger partial charge in [-0.2, -0.15) is 39.1 Å². The van der Waals surface area contributed by atoms with Gasteiger partial charge in [-0.15, -0.1) is 0 Å². The number of alkyl halides is 6. The van der Waals surface area contributed by atoms with Crippen LogP contribution in [0.3, 0.4) is 0 Å². The number of benzene rings is 1. The minimum Gasteiger partial charge on any atom is -0.369 e. The van der Waals surface area contributed by atoms with Crippen LogP contribution >= 0.6 is 0 Å². The molecule has 1 aromatic carbocycles. The van der Waals surface area contributed by atoms with Crippen molar-refractivity contribution in [2.75, 3.05) is 17.8 Å². The third kappa shape index (κ3) is 5.98. The first-order valence-electron chi connectivity index (χ1n) is 8.66. The zero-order chi connectivity index (χ0) is 22.8. The Bertz CT molecular complexity index is 750. The van der Waals surface area contributed by atoms with E-state index in [4.69, 9.17) is 0 Å². The number of nitrogens with zero attached hydrogens (tertiary/aromatic N) is 1. The van der Waals surface area contributed by atoms with Crippen LogP contribution < -0.4 is 4.72 Å². The second kappa shape index (κ2) is 8.68. The summed E-state index contributed by atoms with van der Waals surface area (Å²) in [6, 6.07) is 2.23. The Hall–Kier alpha value is -1.53. The summed E-state index contributed by atoms with van der Waals surface area (Å²) in [7, 11) is -4.09. The van der Waals surface area contributed by atoms with Gasteiger partial charge in [0.05, 0.1) is 0 Å². The molecule has 0 aliphatic carbocycles. The summed E-state index contributed by atoms with van der Waals surface area (Å²) in [4.78, 5) is 0. The van der Waals surface area contributed by atoms with Gasteiger partial charge in [0.15, 0.2) is 0 Å². The zero-order valence-corrected chi connectivity index (χ0v) is 17.1. The normalized spacial score (nSPS) is 14.1. The van der Waals surface area contributed by atoms with Crippen LogP contribution in [0.2, 0.25) is 0 Å². The number of aliphatic hydroxyl groups is 1. The second-order valence-electron chi connectivity index (χ2n) is 7.50. The number of anilines is 1. The van der Waals surface area contributed by atoms with Crippen LogP contribution in [-0.4, -0.2) is 43.3 Å². The third-order valence-electron chi connectivity index (χ3n) is 3.85. The maximum Gasteiger partial charge on any atom is 0.430 e. The van der Waals surface area contributed by atoms with Crippen LogP contribution in [0.25, 0.3) is 0 Å². The minimum absolute atomic E-state index is 0.0127. The molecule has 0 spiro atoms. The summed E-state index contributed by atoms with van der Waals surface area (Å²) >= 11 is 0. The van der Waals surface area contributed by atoms with Crippen LogP contribution in [0.5, 0.6) is 0 Å². The maximum atomic E-state index is 12.9. The van der Waals surface area contributed by atoms with E-state index in [2.05, 4.69) is 4.72 Å². The van der Waals surface area contributed by atoms with Crippen molar-refractivity contribution in [3.63, 3.8) is 0 Å². The molecule has 0 aliphatic heterocycles. The quantitative estimate of drug-likeness (QED) is 0.582. The van der Waals surface area contributed by atoms with Gasteiger partial charge in [-0.1, -0.05) is 39.8 Å². The fourth-order valence-corrected chi connectivity index (χ4v) is 4.12. The number of hydrogen-bond acceptors (Lipinski definition) is 3. The van der Waals surface area contributed by atoms with Crippen molar-refractivity contribution in [1.29, 1.82) is 0 Å². The molecule has 168 valence electrons. The average Bonchev–Trinajstić information content (AvgIpc) is 2.50. The Kier molecular flexibility index (Phi) is 7.64.